The van der Waals surface area contributed by atoms with Crippen LogP contribution in [0.4, 0.5) is 5.69 Å². The summed E-state index contributed by atoms with van der Waals surface area (Å²) in [5.74, 6) is 0. The molecular weight excluding hydrogens is 236 g/mol. The normalized spacial score (nSPS) is 11.8. The fourth-order valence-electron chi connectivity index (χ4n) is 1.46. The second-order valence-electron chi connectivity index (χ2n) is 4.03. The number of nitrogen functional groups attached to an aromatic ring is 1. The van der Waals surface area contributed by atoms with Crippen molar-refractivity contribution in [2.45, 2.75) is 18.7 Å². The Kier molecular flexibility index (Phi) is 3.95. The number of aryl methyl sites for hydroxylation is 1. The minimum Gasteiger partial charge on any atom is -0.398 e. The number of hydrogen-bond acceptors (Lipinski definition) is 3. The van der Waals surface area contributed by atoms with Crippen LogP contribution in [-0.2, 0) is 10.0 Å². The molecular formula is C12H18N2O2S. The first-order valence-electron chi connectivity index (χ1n) is 5.24. The zero-order valence-corrected chi connectivity index (χ0v) is 11.2. The van der Waals surface area contributed by atoms with Crippen LogP contribution in [0.5, 0.6) is 0 Å². The van der Waals surface area contributed by atoms with E-state index in [1.54, 1.807) is 12.1 Å². The van der Waals surface area contributed by atoms with Crippen LogP contribution in [0.25, 0.3) is 0 Å². The molecule has 4 nitrogen and oxygen atoms in total. The van der Waals surface area contributed by atoms with Gasteiger partial charge in [-0.05, 0) is 37.1 Å². The van der Waals surface area contributed by atoms with Crippen molar-refractivity contribution in [2.75, 3.05) is 19.3 Å². The van der Waals surface area contributed by atoms with Gasteiger partial charge >= 0.3 is 0 Å². The predicted molar refractivity (Wildman–Crippen MR) is 70.3 cm³/mol. The molecule has 0 aliphatic carbocycles. The minimum atomic E-state index is -3.48. The van der Waals surface area contributed by atoms with Gasteiger partial charge in [0.25, 0.3) is 0 Å². The molecule has 1 rings (SSSR count). The summed E-state index contributed by atoms with van der Waals surface area (Å²) in [5, 5.41) is 0. The molecule has 0 atom stereocenters. The standard InChI is InChI=1S/C12H18N2O2S/c1-5-6-14(4)17(15,16)11-7-9(2)10(3)12(13)8-11/h5,7-8H,1,6,13H2,2-4H3. The van der Waals surface area contributed by atoms with Crippen molar-refractivity contribution in [2.24, 2.45) is 0 Å². The number of nitrogens with zero attached hydrogens (tertiary/aromatic N) is 1. The molecule has 2 N–H and O–H groups in total. The van der Waals surface area contributed by atoms with Crippen molar-refractivity contribution in [3.05, 3.63) is 35.9 Å². The zero-order chi connectivity index (χ0) is 13.2. The van der Waals surface area contributed by atoms with E-state index < -0.39 is 10.0 Å². The number of likely N-dealkylation sites (N-methyl/N-ethyl adjacent to an activating group) is 1. The number of rotatable bonds is 4. The molecule has 94 valence electrons. The highest BCUT2D eigenvalue weighted by molar-refractivity contribution is 7.89. The van der Waals surface area contributed by atoms with Gasteiger partial charge in [-0.3, -0.25) is 0 Å². The van der Waals surface area contributed by atoms with Crippen molar-refractivity contribution < 1.29 is 8.42 Å². The average Bonchev–Trinajstić information content (AvgIpc) is 2.25. The lowest BCUT2D eigenvalue weighted by Crippen LogP contribution is -2.27. The second kappa shape index (κ2) is 4.89. The van der Waals surface area contributed by atoms with Gasteiger partial charge in [0.05, 0.1) is 4.90 Å². The van der Waals surface area contributed by atoms with Gasteiger partial charge in [-0.15, -0.1) is 6.58 Å². The zero-order valence-electron chi connectivity index (χ0n) is 10.4. The summed E-state index contributed by atoms with van der Waals surface area (Å²) in [7, 11) is -1.96. The number of hydrogen-bond donors (Lipinski definition) is 1. The summed E-state index contributed by atoms with van der Waals surface area (Å²) >= 11 is 0. The molecule has 0 heterocycles. The third kappa shape index (κ3) is 2.68. The largest absolute Gasteiger partial charge is 0.398 e. The van der Waals surface area contributed by atoms with Crippen LogP contribution in [0, 0.1) is 13.8 Å². The fraction of sp³-hybridized carbons (Fsp3) is 0.333. The molecule has 0 aliphatic rings. The molecule has 0 spiro atoms. The van der Waals surface area contributed by atoms with Gasteiger partial charge in [0.2, 0.25) is 10.0 Å². The van der Waals surface area contributed by atoms with E-state index >= 15 is 0 Å². The van der Waals surface area contributed by atoms with E-state index in [0.717, 1.165) is 11.1 Å². The highest BCUT2D eigenvalue weighted by Gasteiger charge is 2.20. The maximum Gasteiger partial charge on any atom is 0.243 e. The Balaban J connectivity index is 3.30. The Hall–Kier alpha value is -1.33. The first-order chi connectivity index (χ1) is 7.80. The number of sulfonamides is 1. The van der Waals surface area contributed by atoms with Crippen LogP contribution in [0.15, 0.2) is 29.7 Å². The maximum absolute atomic E-state index is 12.2. The molecule has 0 saturated carbocycles. The van der Waals surface area contributed by atoms with Crippen molar-refractivity contribution in [1.29, 1.82) is 0 Å². The Bertz CT molecular complexity index is 512. The van der Waals surface area contributed by atoms with Gasteiger partial charge in [-0.25, -0.2) is 8.42 Å². The molecule has 17 heavy (non-hydrogen) atoms. The van der Waals surface area contributed by atoms with Gasteiger partial charge in [0.1, 0.15) is 0 Å². The predicted octanol–water partition coefficient (Wildman–Crippen LogP) is 1.69. The van der Waals surface area contributed by atoms with E-state index in [9.17, 15) is 8.42 Å². The van der Waals surface area contributed by atoms with Crippen molar-refractivity contribution in [3.8, 4) is 0 Å². The molecule has 0 amide bonds. The minimum absolute atomic E-state index is 0.224. The first-order valence-corrected chi connectivity index (χ1v) is 6.68. The van der Waals surface area contributed by atoms with Gasteiger partial charge in [0, 0.05) is 19.3 Å². The molecule has 0 unspecified atom stereocenters. The topological polar surface area (TPSA) is 63.4 Å². The number of nitrogens with two attached hydrogens (primary N) is 1. The summed E-state index contributed by atoms with van der Waals surface area (Å²) in [6, 6.07) is 3.14. The molecule has 1 aromatic carbocycles. The Morgan fingerprint density at radius 1 is 1.41 bits per heavy atom. The third-order valence-electron chi connectivity index (χ3n) is 2.78. The van der Waals surface area contributed by atoms with Crippen LogP contribution in [0.1, 0.15) is 11.1 Å². The second-order valence-corrected chi connectivity index (χ2v) is 6.07. The van der Waals surface area contributed by atoms with E-state index in [-0.39, 0.29) is 11.4 Å². The third-order valence-corrected chi connectivity index (χ3v) is 4.58. The molecule has 1 aromatic rings. The van der Waals surface area contributed by atoms with E-state index in [1.807, 2.05) is 13.8 Å². The lowest BCUT2D eigenvalue weighted by Gasteiger charge is -2.16. The Morgan fingerprint density at radius 3 is 2.47 bits per heavy atom. The highest BCUT2D eigenvalue weighted by atomic mass is 32.2. The van der Waals surface area contributed by atoms with E-state index in [4.69, 9.17) is 5.73 Å². The summed E-state index contributed by atoms with van der Waals surface area (Å²) in [4.78, 5) is 0.224. The van der Waals surface area contributed by atoms with Gasteiger partial charge in [-0.1, -0.05) is 6.08 Å². The average molecular weight is 254 g/mol. The number of anilines is 1. The summed E-state index contributed by atoms with van der Waals surface area (Å²) in [6.45, 7) is 7.51. The van der Waals surface area contributed by atoms with Crippen LogP contribution < -0.4 is 5.73 Å². The molecule has 0 bridgehead atoms. The Morgan fingerprint density at radius 2 is 2.00 bits per heavy atom. The van der Waals surface area contributed by atoms with E-state index in [1.165, 1.54) is 17.4 Å². The van der Waals surface area contributed by atoms with Crippen LogP contribution >= 0.6 is 0 Å². The monoisotopic (exact) mass is 254 g/mol. The van der Waals surface area contributed by atoms with Crippen molar-refractivity contribution in [3.63, 3.8) is 0 Å². The molecule has 0 radical (unpaired) electrons. The van der Waals surface area contributed by atoms with E-state index in [0.29, 0.717) is 5.69 Å². The fourth-order valence-corrected chi connectivity index (χ4v) is 2.72. The Labute approximate surface area is 103 Å². The molecule has 0 aliphatic heterocycles. The van der Waals surface area contributed by atoms with Gasteiger partial charge < -0.3 is 5.73 Å². The summed E-state index contributed by atoms with van der Waals surface area (Å²) < 4.78 is 25.6. The SMILES string of the molecule is C=CCN(C)S(=O)(=O)c1cc(C)c(C)c(N)c1. The maximum atomic E-state index is 12.2. The quantitative estimate of drug-likeness (QED) is 0.657. The van der Waals surface area contributed by atoms with E-state index in [2.05, 4.69) is 6.58 Å². The summed E-state index contributed by atoms with van der Waals surface area (Å²) in [6.07, 6.45) is 1.54. The number of benzene rings is 1. The molecule has 0 aromatic heterocycles. The molecule has 0 fully saturated rings. The smallest absolute Gasteiger partial charge is 0.243 e. The van der Waals surface area contributed by atoms with Crippen LogP contribution in [0.3, 0.4) is 0 Å². The van der Waals surface area contributed by atoms with Gasteiger partial charge in [0.15, 0.2) is 0 Å². The highest BCUT2D eigenvalue weighted by Crippen LogP contribution is 2.23. The van der Waals surface area contributed by atoms with Crippen LogP contribution in [0.2, 0.25) is 0 Å². The van der Waals surface area contributed by atoms with Crippen LogP contribution in [-0.4, -0.2) is 26.3 Å². The lowest BCUT2D eigenvalue weighted by molar-refractivity contribution is 0.499. The summed E-state index contributed by atoms with van der Waals surface area (Å²) in [5.41, 5.74) is 8.07. The lowest BCUT2D eigenvalue weighted by atomic mass is 10.1. The van der Waals surface area contributed by atoms with Gasteiger partial charge in [-0.2, -0.15) is 4.31 Å². The molecule has 0 saturated heterocycles. The first kappa shape index (κ1) is 13.7. The van der Waals surface area contributed by atoms with Crippen molar-refractivity contribution in [1.82, 2.24) is 4.31 Å². The molecule has 5 heteroatoms. The van der Waals surface area contributed by atoms with Crippen molar-refractivity contribution >= 4 is 15.7 Å².